The van der Waals surface area contributed by atoms with Gasteiger partial charge in [0.15, 0.2) is 0 Å². The predicted octanol–water partition coefficient (Wildman–Crippen LogP) is 3.52. The van der Waals surface area contributed by atoms with Crippen LogP contribution in [0.5, 0.6) is 0 Å². The fourth-order valence-electron chi connectivity index (χ4n) is 2.23. The van der Waals surface area contributed by atoms with Crippen LogP contribution in [-0.2, 0) is 14.8 Å². The van der Waals surface area contributed by atoms with Crippen molar-refractivity contribution in [2.24, 2.45) is 0 Å². The average molecular weight is 372 g/mol. The summed E-state index contributed by atoms with van der Waals surface area (Å²) in [4.78, 5) is 0. The van der Waals surface area contributed by atoms with E-state index in [0.29, 0.717) is 12.3 Å². The Hall–Kier alpha value is -1.71. The van der Waals surface area contributed by atoms with E-state index in [1.54, 1.807) is 11.4 Å². The van der Waals surface area contributed by atoms with E-state index < -0.39 is 15.8 Å². The lowest BCUT2D eigenvalue weighted by molar-refractivity contribution is 0.294. The molecule has 2 aromatic rings. The largest absolute Gasteiger partial charge is 0.470 e. The third-order valence-corrected chi connectivity index (χ3v) is 6.36. The smallest absolute Gasteiger partial charge is 0.271 e. The molecule has 1 unspecified atom stereocenters. The number of benzene rings is 1. The number of nitrogens with one attached hydrogen (secondary N) is 2. The van der Waals surface area contributed by atoms with Gasteiger partial charge in [-0.05, 0) is 41.4 Å². The Morgan fingerprint density at radius 2 is 2.26 bits per heavy atom. The first-order valence-electron chi connectivity index (χ1n) is 6.70. The van der Waals surface area contributed by atoms with E-state index in [1.165, 1.54) is 18.2 Å². The van der Waals surface area contributed by atoms with E-state index in [9.17, 15) is 12.8 Å². The molecule has 3 rings (SSSR count). The standard InChI is InChI=1S/C14H13FN2O3S3/c1-8-7-20-14(21)16-11-6-10(15)12(5-9(8)11)17-23(18,19)13-3-2-4-22-13/h2-6,8,17H,7H2,1H3,(H,16,21). The van der Waals surface area contributed by atoms with Gasteiger partial charge in [-0.25, -0.2) is 12.8 Å². The lowest BCUT2D eigenvalue weighted by Crippen LogP contribution is -2.14. The second-order valence-electron chi connectivity index (χ2n) is 5.08. The summed E-state index contributed by atoms with van der Waals surface area (Å²) in [6.07, 6.45) is 0. The molecule has 0 spiro atoms. The summed E-state index contributed by atoms with van der Waals surface area (Å²) in [5.41, 5.74) is 1.12. The van der Waals surface area contributed by atoms with Gasteiger partial charge in [0.2, 0.25) is 0 Å². The molecular formula is C14H13FN2O3S3. The van der Waals surface area contributed by atoms with Crippen LogP contribution in [0, 0.1) is 5.82 Å². The Balaban J connectivity index is 2.00. The summed E-state index contributed by atoms with van der Waals surface area (Å²) in [7, 11) is -3.81. The third-order valence-electron chi connectivity index (χ3n) is 3.38. The maximum atomic E-state index is 14.3. The van der Waals surface area contributed by atoms with E-state index >= 15 is 0 Å². The molecule has 2 heterocycles. The molecule has 5 nitrogen and oxygen atoms in total. The molecular weight excluding hydrogens is 359 g/mol. The maximum Gasteiger partial charge on any atom is 0.271 e. The normalized spacial score (nSPS) is 17.7. The van der Waals surface area contributed by atoms with Crippen LogP contribution in [0.2, 0.25) is 0 Å². The van der Waals surface area contributed by atoms with Gasteiger partial charge in [-0.15, -0.1) is 11.3 Å². The zero-order valence-electron chi connectivity index (χ0n) is 12.0. The van der Waals surface area contributed by atoms with Gasteiger partial charge in [0.05, 0.1) is 12.3 Å². The lowest BCUT2D eigenvalue weighted by Gasteiger charge is -2.15. The number of fused-ring (bicyclic) bond motifs is 1. The van der Waals surface area contributed by atoms with Crippen molar-refractivity contribution < 1.29 is 17.5 Å². The molecule has 1 atom stereocenters. The van der Waals surface area contributed by atoms with Crippen LogP contribution in [0.3, 0.4) is 0 Å². The first-order chi connectivity index (χ1) is 10.9. The van der Waals surface area contributed by atoms with Gasteiger partial charge in [-0.2, -0.15) is 0 Å². The number of anilines is 2. The van der Waals surface area contributed by atoms with Crippen LogP contribution in [0.4, 0.5) is 15.8 Å². The minimum absolute atomic E-state index is 0.0662. The van der Waals surface area contributed by atoms with Gasteiger partial charge in [0.25, 0.3) is 15.2 Å². The van der Waals surface area contributed by atoms with Crippen LogP contribution < -0.4 is 10.0 Å². The van der Waals surface area contributed by atoms with E-state index in [-0.39, 0.29) is 21.0 Å². The molecule has 0 radical (unpaired) electrons. The molecule has 0 aliphatic carbocycles. The molecule has 0 saturated heterocycles. The fraction of sp³-hybridized carbons (Fsp3) is 0.214. The summed E-state index contributed by atoms with van der Waals surface area (Å²) in [6, 6.07) is 5.78. The van der Waals surface area contributed by atoms with Crippen molar-refractivity contribution in [2.45, 2.75) is 17.1 Å². The molecule has 2 N–H and O–H groups in total. The maximum absolute atomic E-state index is 14.3. The highest BCUT2D eigenvalue weighted by Crippen LogP contribution is 2.33. The highest BCUT2D eigenvalue weighted by molar-refractivity contribution is 7.94. The second-order valence-corrected chi connectivity index (χ2v) is 8.31. The third kappa shape index (κ3) is 3.31. The molecule has 1 aromatic heterocycles. The van der Waals surface area contributed by atoms with Crippen molar-refractivity contribution in [3.63, 3.8) is 0 Å². The average Bonchev–Trinajstić information content (AvgIpc) is 2.98. The van der Waals surface area contributed by atoms with Crippen molar-refractivity contribution in [3.8, 4) is 0 Å². The first kappa shape index (κ1) is 16.2. The molecule has 0 saturated carbocycles. The number of rotatable bonds is 3. The Bertz CT molecular complexity index is 850. The second kappa shape index (κ2) is 6.06. The van der Waals surface area contributed by atoms with Crippen LogP contribution in [0.15, 0.2) is 33.9 Å². The van der Waals surface area contributed by atoms with Gasteiger partial charge in [-0.3, -0.25) is 4.72 Å². The molecule has 9 heteroatoms. The van der Waals surface area contributed by atoms with Gasteiger partial charge in [-0.1, -0.05) is 13.0 Å². The van der Waals surface area contributed by atoms with E-state index in [4.69, 9.17) is 17.0 Å². The Kier molecular flexibility index (Phi) is 4.26. The number of hydrogen-bond donors (Lipinski definition) is 2. The number of thiophene rings is 1. The van der Waals surface area contributed by atoms with Crippen molar-refractivity contribution in [3.05, 3.63) is 41.0 Å². The SMILES string of the molecule is CC1COC(=S)Nc2cc(F)c(NS(=O)(=O)c3cccs3)cc21. The van der Waals surface area contributed by atoms with Crippen molar-refractivity contribution in [2.75, 3.05) is 16.6 Å². The summed E-state index contributed by atoms with van der Waals surface area (Å²) >= 11 is 6.04. The highest BCUT2D eigenvalue weighted by atomic mass is 32.2. The number of thiocarbonyl (C=S) groups is 1. The number of ether oxygens (including phenoxy) is 1. The molecule has 0 bridgehead atoms. The van der Waals surface area contributed by atoms with E-state index in [1.807, 2.05) is 6.92 Å². The van der Waals surface area contributed by atoms with Gasteiger partial charge < -0.3 is 10.1 Å². The molecule has 1 aliphatic rings. The van der Waals surface area contributed by atoms with Crippen LogP contribution in [0.1, 0.15) is 18.4 Å². The monoisotopic (exact) mass is 372 g/mol. The Morgan fingerprint density at radius 1 is 1.48 bits per heavy atom. The molecule has 0 amide bonds. The number of sulfonamides is 1. The molecule has 1 aromatic carbocycles. The Morgan fingerprint density at radius 3 is 2.96 bits per heavy atom. The fourth-order valence-corrected chi connectivity index (χ4v) is 4.46. The lowest BCUT2D eigenvalue weighted by atomic mass is 9.99. The van der Waals surface area contributed by atoms with Crippen molar-refractivity contribution in [1.29, 1.82) is 0 Å². The van der Waals surface area contributed by atoms with Crippen molar-refractivity contribution >= 4 is 50.1 Å². The zero-order chi connectivity index (χ0) is 16.6. The van der Waals surface area contributed by atoms with Crippen molar-refractivity contribution in [1.82, 2.24) is 0 Å². The quantitative estimate of drug-likeness (QED) is 0.807. The van der Waals surface area contributed by atoms with Crippen LogP contribution in [0.25, 0.3) is 0 Å². The highest BCUT2D eigenvalue weighted by Gasteiger charge is 2.23. The zero-order valence-corrected chi connectivity index (χ0v) is 14.4. The van der Waals surface area contributed by atoms with E-state index in [2.05, 4.69) is 10.0 Å². The van der Waals surface area contributed by atoms with Crippen LogP contribution in [-0.4, -0.2) is 20.2 Å². The van der Waals surface area contributed by atoms with Gasteiger partial charge in [0.1, 0.15) is 10.0 Å². The van der Waals surface area contributed by atoms with E-state index in [0.717, 1.165) is 16.9 Å². The summed E-state index contributed by atoms with van der Waals surface area (Å²) < 4.78 is 46.5. The molecule has 0 fully saturated rings. The minimum atomic E-state index is -3.81. The topological polar surface area (TPSA) is 67.4 Å². The Labute approximate surface area is 142 Å². The summed E-state index contributed by atoms with van der Waals surface area (Å²) in [5, 5.41) is 4.62. The minimum Gasteiger partial charge on any atom is -0.470 e. The first-order valence-corrected chi connectivity index (χ1v) is 9.47. The van der Waals surface area contributed by atoms with Gasteiger partial charge in [0, 0.05) is 11.6 Å². The summed E-state index contributed by atoms with van der Waals surface area (Å²) in [6.45, 7) is 2.23. The molecule has 1 aliphatic heterocycles. The number of halogens is 1. The summed E-state index contributed by atoms with van der Waals surface area (Å²) in [5.74, 6) is -0.753. The number of hydrogen-bond acceptors (Lipinski definition) is 5. The predicted molar refractivity (Wildman–Crippen MR) is 92.1 cm³/mol. The molecule has 122 valence electrons. The van der Waals surface area contributed by atoms with Gasteiger partial charge >= 0.3 is 0 Å². The van der Waals surface area contributed by atoms with Crippen LogP contribution >= 0.6 is 23.6 Å². The molecule has 23 heavy (non-hydrogen) atoms.